The monoisotopic (exact) mass is 281 g/mol. The number of hydrogen-bond acceptors (Lipinski definition) is 4. The summed E-state index contributed by atoms with van der Waals surface area (Å²) in [4.78, 5) is 4.08. The van der Waals surface area contributed by atoms with Gasteiger partial charge in [-0.3, -0.25) is 0 Å². The van der Waals surface area contributed by atoms with Gasteiger partial charge in [0.2, 0.25) is 5.95 Å². The van der Waals surface area contributed by atoms with Crippen molar-refractivity contribution in [3.63, 3.8) is 0 Å². The van der Waals surface area contributed by atoms with E-state index in [1.807, 2.05) is 6.92 Å². The smallest absolute Gasteiger partial charge is 0.383 e. The molecule has 0 aliphatic carbocycles. The van der Waals surface area contributed by atoms with Crippen LogP contribution in [0.2, 0.25) is 0 Å². The summed E-state index contributed by atoms with van der Waals surface area (Å²) in [6, 6.07) is 0.0576. The molecule has 0 bridgehead atoms. The number of ether oxygens (including phenoxy) is 2. The van der Waals surface area contributed by atoms with Crippen LogP contribution in [-0.2, 0) is 16.0 Å². The van der Waals surface area contributed by atoms with Gasteiger partial charge in [0, 0.05) is 32.1 Å². The third-order valence-corrected chi connectivity index (χ3v) is 2.25. The zero-order valence-corrected chi connectivity index (χ0v) is 10.9. The molecule has 1 atom stereocenters. The van der Waals surface area contributed by atoms with Gasteiger partial charge in [-0.2, -0.15) is 13.2 Å². The molecular weight excluding hydrogens is 263 g/mol. The summed E-state index contributed by atoms with van der Waals surface area (Å²) in [6.07, 6.45) is -1.03. The predicted octanol–water partition coefficient (Wildman–Crippen LogP) is 1.91. The van der Waals surface area contributed by atoms with Crippen molar-refractivity contribution in [1.29, 1.82) is 0 Å². The highest BCUT2D eigenvalue weighted by Gasteiger charge is 2.27. The first-order chi connectivity index (χ1) is 8.92. The van der Waals surface area contributed by atoms with Crippen molar-refractivity contribution in [3.05, 3.63) is 12.4 Å². The van der Waals surface area contributed by atoms with Crippen molar-refractivity contribution in [1.82, 2.24) is 9.55 Å². The molecule has 5 nitrogen and oxygen atoms in total. The third kappa shape index (κ3) is 6.44. The van der Waals surface area contributed by atoms with Crippen LogP contribution >= 0.6 is 0 Å². The van der Waals surface area contributed by atoms with Gasteiger partial charge in [0.25, 0.3) is 0 Å². The number of anilines is 1. The summed E-state index contributed by atoms with van der Waals surface area (Å²) in [5.74, 6) is 0.583. The zero-order chi connectivity index (χ0) is 14.3. The first kappa shape index (κ1) is 15.8. The van der Waals surface area contributed by atoms with Crippen LogP contribution in [-0.4, -0.2) is 48.7 Å². The quantitative estimate of drug-likeness (QED) is 0.739. The van der Waals surface area contributed by atoms with Crippen molar-refractivity contribution in [2.75, 3.05) is 32.2 Å². The maximum Gasteiger partial charge on any atom is 0.411 e. The first-order valence-corrected chi connectivity index (χ1v) is 5.83. The van der Waals surface area contributed by atoms with Crippen molar-refractivity contribution < 1.29 is 22.6 Å². The van der Waals surface area contributed by atoms with Gasteiger partial charge in [0.05, 0.1) is 13.2 Å². The maximum atomic E-state index is 11.9. The Bertz CT molecular complexity index is 368. The summed E-state index contributed by atoms with van der Waals surface area (Å²) in [5.41, 5.74) is 0. The fraction of sp³-hybridized carbons (Fsp3) is 0.727. The molecule has 0 radical (unpaired) electrons. The number of nitrogens with one attached hydrogen (secondary N) is 1. The number of nitrogens with zero attached hydrogens (tertiary/aromatic N) is 2. The van der Waals surface area contributed by atoms with Crippen LogP contribution in [0.3, 0.4) is 0 Å². The van der Waals surface area contributed by atoms with E-state index in [-0.39, 0.29) is 12.6 Å². The molecule has 1 aromatic heterocycles. The van der Waals surface area contributed by atoms with Crippen LogP contribution in [0.25, 0.3) is 0 Å². The standard InChI is InChI=1S/C11H18F3N3O2/c1-9(7-18-2)16-10-15-3-4-17(10)5-6-19-8-11(12,13)14/h3-4,9H,5-8H2,1-2H3,(H,15,16). The van der Waals surface area contributed by atoms with Gasteiger partial charge in [0.15, 0.2) is 0 Å². The minimum atomic E-state index is -4.29. The Labute approximate surface area is 109 Å². The molecule has 1 heterocycles. The highest BCUT2D eigenvalue weighted by Crippen LogP contribution is 2.14. The third-order valence-electron chi connectivity index (χ3n) is 2.25. The number of rotatable bonds is 8. The summed E-state index contributed by atoms with van der Waals surface area (Å²) >= 11 is 0. The van der Waals surface area contributed by atoms with Crippen LogP contribution in [0.5, 0.6) is 0 Å². The molecule has 1 aromatic rings. The van der Waals surface area contributed by atoms with Crippen LogP contribution in [0.1, 0.15) is 6.92 Å². The second kappa shape index (κ2) is 7.34. The number of halogens is 3. The Morgan fingerprint density at radius 2 is 2.21 bits per heavy atom. The number of methoxy groups -OCH3 is 1. The lowest BCUT2D eigenvalue weighted by atomic mass is 10.4. The molecule has 0 fully saturated rings. The van der Waals surface area contributed by atoms with Crippen molar-refractivity contribution in [2.45, 2.75) is 25.7 Å². The van der Waals surface area contributed by atoms with E-state index in [1.54, 1.807) is 24.1 Å². The summed E-state index contributed by atoms with van der Waals surface area (Å²) in [6.45, 7) is 1.48. The van der Waals surface area contributed by atoms with Gasteiger partial charge in [0.1, 0.15) is 6.61 Å². The van der Waals surface area contributed by atoms with Crippen LogP contribution in [0.15, 0.2) is 12.4 Å². The van der Waals surface area contributed by atoms with Crippen LogP contribution in [0, 0.1) is 0 Å². The van der Waals surface area contributed by atoms with Gasteiger partial charge < -0.3 is 19.4 Å². The predicted molar refractivity (Wildman–Crippen MR) is 64.1 cm³/mol. The first-order valence-electron chi connectivity index (χ1n) is 5.83. The highest BCUT2D eigenvalue weighted by atomic mass is 19.4. The van der Waals surface area contributed by atoms with E-state index in [2.05, 4.69) is 15.0 Å². The molecule has 1 N–H and O–H groups in total. The lowest BCUT2D eigenvalue weighted by Crippen LogP contribution is -2.24. The van der Waals surface area contributed by atoms with Gasteiger partial charge in [-0.05, 0) is 6.92 Å². The number of hydrogen-bond donors (Lipinski definition) is 1. The van der Waals surface area contributed by atoms with Crippen LogP contribution < -0.4 is 5.32 Å². The molecule has 0 amide bonds. The topological polar surface area (TPSA) is 48.3 Å². The SMILES string of the molecule is COCC(C)Nc1nccn1CCOCC(F)(F)F. The highest BCUT2D eigenvalue weighted by molar-refractivity contribution is 5.27. The largest absolute Gasteiger partial charge is 0.411 e. The van der Waals surface area contributed by atoms with E-state index in [0.717, 1.165) is 0 Å². The number of alkyl halides is 3. The van der Waals surface area contributed by atoms with Gasteiger partial charge in [-0.25, -0.2) is 4.98 Å². The summed E-state index contributed by atoms with van der Waals surface area (Å²) in [7, 11) is 1.59. The molecule has 19 heavy (non-hydrogen) atoms. The Morgan fingerprint density at radius 3 is 2.84 bits per heavy atom. The fourth-order valence-corrected chi connectivity index (χ4v) is 1.49. The molecule has 0 aromatic carbocycles. The van der Waals surface area contributed by atoms with E-state index in [4.69, 9.17) is 4.74 Å². The van der Waals surface area contributed by atoms with E-state index < -0.39 is 12.8 Å². The van der Waals surface area contributed by atoms with Crippen molar-refractivity contribution in [3.8, 4) is 0 Å². The van der Waals surface area contributed by atoms with E-state index >= 15 is 0 Å². The number of imidazole rings is 1. The Kier molecular flexibility index (Phi) is 6.10. The Hall–Kier alpha value is -1.28. The van der Waals surface area contributed by atoms with Gasteiger partial charge in [-0.1, -0.05) is 0 Å². The Morgan fingerprint density at radius 1 is 1.47 bits per heavy atom. The molecular formula is C11H18F3N3O2. The van der Waals surface area contributed by atoms with E-state index in [0.29, 0.717) is 19.1 Å². The zero-order valence-electron chi connectivity index (χ0n) is 10.9. The molecule has 1 unspecified atom stereocenters. The van der Waals surface area contributed by atoms with E-state index in [9.17, 15) is 13.2 Å². The normalized spacial score (nSPS) is 13.5. The van der Waals surface area contributed by atoms with E-state index in [1.165, 1.54) is 0 Å². The maximum absolute atomic E-state index is 11.9. The van der Waals surface area contributed by atoms with Gasteiger partial charge in [-0.15, -0.1) is 0 Å². The molecule has 0 saturated carbocycles. The average Bonchev–Trinajstić information content (AvgIpc) is 2.71. The molecule has 0 saturated heterocycles. The van der Waals surface area contributed by atoms with Crippen LogP contribution in [0.4, 0.5) is 19.1 Å². The number of aromatic nitrogens is 2. The minimum Gasteiger partial charge on any atom is -0.383 e. The molecule has 0 spiro atoms. The average molecular weight is 281 g/mol. The van der Waals surface area contributed by atoms with Gasteiger partial charge >= 0.3 is 6.18 Å². The Balaban J connectivity index is 2.36. The fourth-order valence-electron chi connectivity index (χ4n) is 1.49. The molecule has 0 aliphatic rings. The van der Waals surface area contributed by atoms with Crippen molar-refractivity contribution in [2.24, 2.45) is 0 Å². The summed E-state index contributed by atoms with van der Waals surface area (Å²) < 4.78 is 46.9. The summed E-state index contributed by atoms with van der Waals surface area (Å²) in [5, 5.41) is 3.10. The lowest BCUT2D eigenvalue weighted by molar-refractivity contribution is -0.174. The van der Waals surface area contributed by atoms with Crippen molar-refractivity contribution >= 4 is 5.95 Å². The molecule has 110 valence electrons. The lowest BCUT2D eigenvalue weighted by Gasteiger charge is -2.15. The molecule has 8 heteroatoms. The molecule has 0 aliphatic heterocycles. The second-order valence-corrected chi connectivity index (χ2v) is 4.11. The second-order valence-electron chi connectivity index (χ2n) is 4.11. The minimum absolute atomic E-state index is 0.0246. The molecule has 1 rings (SSSR count).